The Morgan fingerprint density at radius 3 is 2.36 bits per heavy atom. The SMILES string of the molecule is CCOc1ccc(NC(=O)c2sc(-n3nc(C)c(Cc4ccc(C)cc4)c3C)nc2C)cc1. The van der Waals surface area contributed by atoms with E-state index in [2.05, 4.69) is 48.4 Å². The van der Waals surface area contributed by atoms with Crippen LogP contribution in [0, 0.1) is 27.7 Å². The van der Waals surface area contributed by atoms with Gasteiger partial charge >= 0.3 is 0 Å². The number of nitrogens with zero attached hydrogens (tertiary/aromatic N) is 3. The number of nitrogens with one attached hydrogen (secondary N) is 1. The lowest BCUT2D eigenvalue weighted by Crippen LogP contribution is -2.11. The normalized spacial score (nSPS) is 10.9. The number of aromatic nitrogens is 3. The van der Waals surface area contributed by atoms with Crippen molar-refractivity contribution in [2.75, 3.05) is 11.9 Å². The summed E-state index contributed by atoms with van der Waals surface area (Å²) in [6.45, 7) is 10.6. The number of amides is 1. The molecule has 0 radical (unpaired) electrons. The number of carbonyl (C=O) groups excluding carboxylic acids is 1. The highest BCUT2D eigenvalue weighted by atomic mass is 32.1. The Bertz CT molecular complexity index is 1270. The van der Waals surface area contributed by atoms with Gasteiger partial charge in [-0.2, -0.15) is 5.10 Å². The highest BCUT2D eigenvalue weighted by molar-refractivity contribution is 7.16. The molecule has 0 unspecified atom stereocenters. The van der Waals surface area contributed by atoms with Crippen LogP contribution in [0.2, 0.25) is 0 Å². The molecule has 0 saturated carbocycles. The second kappa shape index (κ2) is 9.58. The van der Waals surface area contributed by atoms with Crippen molar-refractivity contribution in [3.63, 3.8) is 0 Å². The number of carbonyl (C=O) groups is 1. The van der Waals surface area contributed by atoms with Crippen molar-refractivity contribution < 1.29 is 9.53 Å². The molecule has 170 valence electrons. The average molecular weight is 461 g/mol. The number of anilines is 1. The van der Waals surface area contributed by atoms with Gasteiger partial charge in [-0.3, -0.25) is 4.79 Å². The molecule has 0 saturated heterocycles. The smallest absolute Gasteiger partial charge is 0.267 e. The molecule has 33 heavy (non-hydrogen) atoms. The standard InChI is InChI=1S/C26H28N4O2S/c1-6-32-22-13-11-21(12-14-22)28-25(31)24-18(4)27-26(33-24)30-19(5)23(17(3)29-30)15-20-9-7-16(2)8-10-20/h7-14H,6,15H2,1-5H3,(H,28,31). The molecule has 2 aromatic heterocycles. The lowest BCUT2D eigenvalue weighted by atomic mass is 10.0. The molecule has 2 heterocycles. The second-order valence-electron chi connectivity index (χ2n) is 8.05. The Balaban J connectivity index is 1.55. The van der Waals surface area contributed by atoms with Crippen LogP contribution < -0.4 is 10.1 Å². The van der Waals surface area contributed by atoms with Gasteiger partial charge in [0.15, 0.2) is 0 Å². The van der Waals surface area contributed by atoms with Crippen molar-refractivity contribution in [3.05, 3.63) is 87.2 Å². The zero-order chi connectivity index (χ0) is 23.5. The van der Waals surface area contributed by atoms with Crippen molar-refractivity contribution in [2.24, 2.45) is 0 Å². The summed E-state index contributed by atoms with van der Waals surface area (Å²) in [5.74, 6) is 0.597. The molecule has 7 heteroatoms. The van der Waals surface area contributed by atoms with Crippen LogP contribution in [0.3, 0.4) is 0 Å². The van der Waals surface area contributed by atoms with Crippen LogP contribution in [0.15, 0.2) is 48.5 Å². The summed E-state index contributed by atoms with van der Waals surface area (Å²) in [6.07, 6.45) is 0.813. The van der Waals surface area contributed by atoms with E-state index in [1.807, 2.05) is 49.7 Å². The molecule has 0 aliphatic carbocycles. The first-order valence-corrected chi connectivity index (χ1v) is 11.8. The van der Waals surface area contributed by atoms with Crippen LogP contribution in [0.5, 0.6) is 5.75 Å². The van der Waals surface area contributed by atoms with Gasteiger partial charge in [-0.1, -0.05) is 41.2 Å². The Morgan fingerprint density at radius 2 is 1.70 bits per heavy atom. The van der Waals surface area contributed by atoms with Gasteiger partial charge in [0.25, 0.3) is 5.91 Å². The number of hydrogen-bond acceptors (Lipinski definition) is 5. The maximum absolute atomic E-state index is 12.9. The number of thiazole rings is 1. The summed E-state index contributed by atoms with van der Waals surface area (Å²) in [4.78, 5) is 18.1. The van der Waals surface area contributed by atoms with Crippen molar-refractivity contribution in [1.29, 1.82) is 0 Å². The van der Waals surface area contributed by atoms with Crippen LogP contribution in [0.1, 0.15) is 50.4 Å². The lowest BCUT2D eigenvalue weighted by molar-refractivity contribution is 0.103. The van der Waals surface area contributed by atoms with E-state index in [9.17, 15) is 4.79 Å². The van der Waals surface area contributed by atoms with Gasteiger partial charge in [0.05, 0.1) is 18.0 Å². The summed E-state index contributed by atoms with van der Waals surface area (Å²) in [7, 11) is 0. The van der Waals surface area contributed by atoms with E-state index >= 15 is 0 Å². The first kappa shape index (κ1) is 22.7. The number of rotatable bonds is 7. The molecule has 0 aliphatic rings. The van der Waals surface area contributed by atoms with Gasteiger partial charge < -0.3 is 10.1 Å². The summed E-state index contributed by atoms with van der Waals surface area (Å²) in [6, 6.07) is 15.9. The first-order chi connectivity index (χ1) is 15.9. The average Bonchev–Trinajstić information content (AvgIpc) is 3.31. The van der Waals surface area contributed by atoms with Gasteiger partial charge in [0.1, 0.15) is 10.6 Å². The van der Waals surface area contributed by atoms with Gasteiger partial charge in [-0.25, -0.2) is 9.67 Å². The molecule has 2 aromatic carbocycles. The maximum atomic E-state index is 12.9. The third-order valence-electron chi connectivity index (χ3n) is 5.54. The molecule has 1 N–H and O–H groups in total. The van der Waals surface area contributed by atoms with Crippen molar-refractivity contribution in [3.8, 4) is 10.9 Å². The van der Waals surface area contributed by atoms with Gasteiger partial charge in [-0.05, 0) is 64.4 Å². The van der Waals surface area contributed by atoms with Crippen molar-refractivity contribution in [2.45, 2.75) is 41.0 Å². The minimum absolute atomic E-state index is 0.179. The number of benzene rings is 2. The molecule has 0 fully saturated rings. The van der Waals surface area contributed by atoms with Gasteiger partial charge in [0, 0.05) is 23.4 Å². The molecule has 1 amide bonds. The lowest BCUT2D eigenvalue weighted by Gasteiger charge is -2.06. The Kier molecular flexibility index (Phi) is 6.60. The first-order valence-electron chi connectivity index (χ1n) is 11.0. The highest BCUT2D eigenvalue weighted by Gasteiger charge is 2.20. The summed E-state index contributed by atoms with van der Waals surface area (Å²) in [5, 5.41) is 8.38. The monoisotopic (exact) mass is 460 g/mol. The molecule has 4 rings (SSSR count). The quantitative estimate of drug-likeness (QED) is 0.378. The van der Waals surface area contributed by atoms with Crippen LogP contribution in [0.25, 0.3) is 5.13 Å². The fraction of sp³-hybridized carbons (Fsp3) is 0.269. The third kappa shape index (κ3) is 4.98. The minimum Gasteiger partial charge on any atom is -0.494 e. The summed E-state index contributed by atoms with van der Waals surface area (Å²) < 4.78 is 7.31. The van der Waals surface area contributed by atoms with E-state index in [1.165, 1.54) is 28.0 Å². The largest absolute Gasteiger partial charge is 0.494 e. The highest BCUT2D eigenvalue weighted by Crippen LogP contribution is 2.27. The predicted molar refractivity (Wildman–Crippen MR) is 133 cm³/mol. The number of aryl methyl sites for hydroxylation is 3. The minimum atomic E-state index is -0.179. The van der Waals surface area contributed by atoms with E-state index in [1.54, 1.807) is 0 Å². The van der Waals surface area contributed by atoms with Crippen LogP contribution in [0.4, 0.5) is 5.69 Å². The van der Waals surface area contributed by atoms with Gasteiger partial charge in [-0.15, -0.1) is 0 Å². The fourth-order valence-corrected chi connectivity index (χ4v) is 4.67. The van der Waals surface area contributed by atoms with Crippen molar-refractivity contribution >= 4 is 22.9 Å². The van der Waals surface area contributed by atoms with Crippen LogP contribution >= 0.6 is 11.3 Å². The summed E-state index contributed by atoms with van der Waals surface area (Å²) in [5.41, 5.74) is 7.10. The second-order valence-corrected chi connectivity index (χ2v) is 9.02. The number of ether oxygens (including phenoxy) is 1. The van der Waals surface area contributed by atoms with Crippen LogP contribution in [-0.2, 0) is 6.42 Å². The fourth-order valence-electron chi connectivity index (χ4n) is 3.70. The molecule has 0 bridgehead atoms. The number of hydrogen-bond donors (Lipinski definition) is 1. The zero-order valence-corrected chi connectivity index (χ0v) is 20.4. The Labute approximate surface area is 198 Å². The third-order valence-corrected chi connectivity index (χ3v) is 6.67. The van der Waals surface area contributed by atoms with Gasteiger partial charge in [0.2, 0.25) is 5.13 Å². The molecule has 0 spiro atoms. The predicted octanol–water partition coefficient (Wildman–Crippen LogP) is 5.80. The summed E-state index contributed by atoms with van der Waals surface area (Å²) >= 11 is 1.35. The zero-order valence-electron chi connectivity index (χ0n) is 19.6. The Hall–Kier alpha value is -3.45. The molecular weight excluding hydrogens is 432 g/mol. The maximum Gasteiger partial charge on any atom is 0.267 e. The Morgan fingerprint density at radius 1 is 1.00 bits per heavy atom. The topological polar surface area (TPSA) is 69.0 Å². The van der Waals surface area contributed by atoms with Crippen LogP contribution in [-0.4, -0.2) is 27.3 Å². The van der Waals surface area contributed by atoms with E-state index < -0.39 is 0 Å². The van der Waals surface area contributed by atoms with Crippen molar-refractivity contribution in [1.82, 2.24) is 14.8 Å². The molecule has 0 atom stereocenters. The van der Waals surface area contributed by atoms with E-state index in [-0.39, 0.29) is 5.91 Å². The molecular formula is C26H28N4O2S. The van der Waals surface area contributed by atoms with E-state index in [4.69, 9.17) is 9.84 Å². The van der Waals surface area contributed by atoms with E-state index in [0.717, 1.165) is 23.6 Å². The molecule has 0 aliphatic heterocycles. The molecule has 6 nitrogen and oxygen atoms in total. The van der Waals surface area contributed by atoms with E-state index in [0.29, 0.717) is 28.0 Å². The molecule has 4 aromatic rings.